The third-order valence-electron chi connectivity index (χ3n) is 3.91. The van der Waals surface area contributed by atoms with Gasteiger partial charge < -0.3 is 10.2 Å². The molecule has 1 saturated heterocycles. The largest absolute Gasteiger partial charge is 0.334 e. The summed E-state index contributed by atoms with van der Waals surface area (Å²) in [7, 11) is 0. The lowest BCUT2D eigenvalue weighted by atomic mass is 9.99. The van der Waals surface area contributed by atoms with Gasteiger partial charge in [0.1, 0.15) is 0 Å². The summed E-state index contributed by atoms with van der Waals surface area (Å²) in [6, 6.07) is 14.3. The van der Waals surface area contributed by atoms with Gasteiger partial charge in [-0.2, -0.15) is 0 Å². The van der Waals surface area contributed by atoms with Crippen molar-refractivity contribution in [3.63, 3.8) is 0 Å². The molecule has 21 heavy (non-hydrogen) atoms. The van der Waals surface area contributed by atoms with Gasteiger partial charge in [0.2, 0.25) is 0 Å². The third kappa shape index (κ3) is 3.40. The third-order valence-corrected chi connectivity index (χ3v) is 3.91. The smallest absolute Gasteiger partial charge is 0.317 e. The number of carbonyl (C=O) groups is 1. The normalized spacial score (nSPS) is 17.7. The Morgan fingerprint density at radius 3 is 2.86 bits per heavy atom. The molecule has 1 aliphatic heterocycles. The Kier molecular flexibility index (Phi) is 4.15. The first-order chi connectivity index (χ1) is 10.3. The monoisotopic (exact) mass is 281 g/mol. The molecule has 0 spiro atoms. The molecule has 0 aliphatic carbocycles. The molecule has 3 rings (SSSR count). The van der Waals surface area contributed by atoms with Gasteiger partial charge in [0.05, 0.1) is 0 Å². The van der Waals surface area contributed by atoms with Gasteiger partial charge in [0.15, 0.2) is 0 Å². The predicted molar refractivity (Wildman–Crippen MR) is 81.8 cm³/mol. The van der Waals surface area contributed by atoms with Gasteiger partial charge in [-0.05, 0) is 23.6 Å². The lowest BCUT2D eigenvalue weighted by molar-refractivity contribution is 0.208. The molecule has 1 aromatic heterocycles. The van der Waals surface area contributed by atoms with Crippen molar-refractivity contribution in [2.45, 2.75) is 18.9 Å². The molecule has 1 unspecified atom stereocenters. The van der Waals surface area contributed by atoms with Crippen LogP contribution in [0.1, 0.15) is 23.5 Å². The molecule has 4 heteroatoms. The Labute approximate surface area is 124 Å². The molecule has 2 aromatic rings. The maximum atomic E-state index is 12.2. The van der Waals surface area contributed by atoms with Crippen LogP contribution in [0.5, 0.6) is 0 Å². The standard InChI is InChI=1S/C17H19N3O/c21-17(19-12-14-5-4-9-18-11-14)20-10-8-16(13-20)15-6-2-1-3-7-15/h1-7,9,11,16H,8,10,12-13H2,(H,19,21). The number of rotatable bonds is 3. The van der Waals surface area contributed by atoms with Crippen LogP contribution in [-0.4, -0.2) is 29.0 Å². The van der Waals surface area contributed by atoms with Crippen molar-refractivity contribution in [3.8, 4) is 0 Å². The first-order valence-electron chi connectivity index (χ1n) is 7.29. The predicted octanol–water partition coefficient (Wildman–Crippen LogP) is 2.78. The highest BCUT2D eigenvalue weighted by molar-refractivity contribution is 5.74. The summed E-state index contributed by atoms with van der Waals surface area (Å²) < 4.78 is 0. The van der Waals surface area contributed by atoms with Crippen molar-refractivity contribution in [1.82, 2.24) is 15.2 Å². The molecule has 1 fully saturated rings. The zero-order valence-corrected chi connectivity index (χ0v) is 11.9. The summed E-state index contributed by atoms with van der Waals surface area (Å²) in [6.45, 7) is 2.14. The van der Waals surface area contributed by atoms with Gasteiger partial charge in [-0.3, -0.25) is 4.98 Å². The molecular weight excluding hydrogens is 262 g/mol. The van der Waals surface area contributed by atoms with Crippen molar-refractivity contribution in [3.05, 3.63) is 66.0 Å². The Hall–Kier alpha value is -2.36. The number of hydrogen-bond donors (Lipinski definition) is 1. The van der Waals surface area contributed by atoms with Gasteiger partial charge >= 0.3 is 6.03 Å². The number of amides is 2. The van der Waals surface area contributed by atoms with Gasteiger partial charge in [0, 0.05) is 37.9 Å². The van der Waals surface area contributed by atoms with Crippen LogP contribution in [-0.2, 0) is 6.54 Å². The Morgan fingerprint density at radius 1 is 1.24 bits per heavy atom. The average molecular weight is 281 g/mol. The van der Waals surface area contributed by atoms with E-state index in [1.807, 2.05) is 23.1 Å². The maximum Gasteiger partial charge on any atom is 0.317 e. The zero-order valence-electron chi connectivity index (χ0n) is 11.9. The summed E-state index contributed by atoms with van der Waals surface area (Å²) in [6.07, 6.45) is 4.54. The molecule has 4 nitrogen and oxygen atoms in total. The number of likely N-dealkylation sites (tertiary alicyclic amines) is 1. The fourth-order valence-electron chi connectivity index (χ4n) is 2.73. The first kappa shape index (κ1) is 13.6. The van der Waals surface area contributed by atoms with E-state index in [1.54, 1.807) is 12.4 Å². The number of pyridine rings is 1. The minimum atomic E-state index is 0.0114. The molecule has 1 aromatic carbocycles. The molecular formula is C17H19N3O. The molecule has 0 bridgehead atoms. The van der Waals surface area contributed by atoms with Gasteiger partial charge in [-0.25, -0.2) is 4.79 Å². The Bertz CT molecular complexity index is 585. The lowest BCUT2D eigenvalue weighted by Gasteiger charge is -2.17. The van der Waals surface area contributed by atoms with Crippen LogP contribution in [0.25, 0.3) is 0 Å². The van der Waals surface area contributed by atoms with Crippen molar-refractivity contribution >= 4 is 6.03 Å². The molecule has 2 amide bonds. The minimum Gasteiger partial charge on any atom is -0.334 e. The number of carbonyl (C=O) groups excluding carboxylic acids is 1. The van der Waals surface area contributed by atoms with Crippen molar-refractivity contribution in [2.24, 2.45) is 0 Å². The molecule has 0 saturated carbocycles. The Morgan fingerprint density at radius 2 is 2.10 bits per heavy atom. The fraction of sp³-hybridized carbons (Fsp3) is 0.294. The van der Waals surface area contributed by atoms with E-state index in [0.717, 1.165) is 25.1 Å². The number of benzene rings is 1. The van der Waals surface area contributed by atoms with E-state index in [4.69, 9.17) is 0 Å². The van der Waals surface area contributed by atoms with E-state index < -0.39 is 0 Å². The quantitative estimate of drug-likeness (QED) is 0.940. The number of nitrogens with zero attached hydrogens (tertiary/aromatic N) is 2. The molecule has 2 heterocycles. The first-order valence-corrected chi connectivity index (χ1v) is 7.29. The van der Waals surface area contributed by atoms with Crippen LogP contribution < -0.4 is 5.32 Å². The van der Waals surface area contributed by atoms with Crippen LogP contribution in [0.4, 0.5) is 4.79 Å². The molecule has 1 N–H and O–H groups in total. The van der Waals surface area contributed by atoms with Gasteiger partial charge in [-0.15, -0.1) is 0 Å². The second-order valence-corrected chi connectivity index (χ2v) is 5.36. The maximum absolute atomic E-state index is 12.2. The SMILES string of the molecule is O=C(NCc1cccnc1)N1CCC(c2ccccc2)C1. The summed E-state index contributed by atoms with van der Waals surface area (Å²) in [5, 5.41) is 2.96. The number of urea groups is 1. The molecule has 0 radical (unpaired) electrons. The summed E-state index contributed by atoms with van der Waals surface area (Å²) in [5.41, 5.74) is 2.34. The van der Waals surface area contributed by atoms with E-state index in [0.29, 0.717) is 12.5 Å². The lowest BCUT2D eigenvalue weighted by Crippen LogP contribution is -2.37. The van der Waals surface area contributed by atoms with Crippen LogP contribution >= 0.6 is 0 Å². The van der Waals surface area contributed by atoms with E-state index in [2.05, 4.69) is 34.6 Å². The second kappa shape index (κ2) is 6.39. The van der Waals surface area contributed by atoms with Crippen molar-refractivity contribution < 1.29 is 4.79 Å². The van der Waals surface area contributed by atoms with Crippen LogP contribution in [0.3, 0.4) is 0 Å². The van der Waals surface area contributed by atoms with Crippen molar-refractivity contribution in [2.75, 3.05) is 13.1 Å². The Balaban J connectivity index is 1.53. The second-order valence-electron chi connectivity index (χ2n) is 5.36. The van der Waals surface area contributed by atoms with E-state index >= 15 is 0 Å². The number of hydrogen-bond acceptors (Lipinski definition) is 2. The highest BCUT2D eigenvalue weighted by Crippen LogP contribution is 2.26. The van der Waals surface area contributed by atoms with Gasteiger partial charge in [-0.1, -0.05) is 36.4 Å². The van der Waals surface area contributed by atoms with E-state index in [9.17, 15) is 4.79 Å². The van der Waals surface area contributed by atoms with Crippen LogP contribution in [0, 0.1) is 0 Å². The summed E-state index contributed by atoms with van der Waals surface area (Å²) >= 11 is 0. The van der Waals surface area contributed by atoms with E-state index in [-0.39, 0.29) is 6.03 Å². The number of nitrogens with one attached hydrogen (secondary N) is 1. The highest BCUT2D eigenvalue weighted by atomic mass is 16.2. The molecule has 1 atom stereocenters. The molecule has 108 valence electrons. The average Bonchev–Trinajstić information content (AvgIpc) is 3.04. The minimum absolute atomic E-state index is 0.0114. The number of aromatic nitrogens is 1. The topological polar surface area (TPSA) is 45.2 Å². The fourth-order valence-corrected chi connectivity index (χ4v) is 2.73. The summed E-state index contributed by atoms with van der Waals surface area (Å²) in [5.74, 6) is 0.454. The summed E-state index contributed by atoms with van der Waals surface area (Å²) in [4.78, 5) is 18.1. The zero-order chi connectivity index (χ0) is 14.5. The van der Waals surface area contributed by atoms with Crippen molar-refractivity contribution in [1.29, 1.82) is 0 Å². The van der Waals surface area contributed by atoms with Crippen LogP contribution in [0.2, 0.25) is 0 Å². The highest BCUT2D eigenvalue weighted by Gasteiger charge is 2.26. The molecule has 1 aliphatic rings. The van der Waals surface area contributed by atoms with Gasteiger partial charge in [0.25, 0.3) is 0 Å². The van der Waals surface area contributed by atoms with Crippen LogP contribution in [0.15, 0.2) is 54.9 Å². The van der Waals surface area contributed by atoms with E-state index in [1.165, 1.54) is 5.56 Å².